The second kappa shape index (κ2) is 8.65. The zero-order valence-electron chi connectivity index (χ0n) is 14.3. The summed E-state index contributed by atoms with van der Waals surface area (Å²) in [5, 5.41) is 8.33. The monoisotopic (exact) mass is 463 g/mol. The van der Waals surface area contributed by atoms with Gasteiger partial charge in [-0.25, -0.2) is 4.98 Å². The lowest BCUT2D eigenvalue weighted by Gasteiger charge is -2.06. The molecule has 1 aromatic heterocycles. The van der Waals surface area contributed by atoms with Crippen LogP contribution in [0.15, 0.2) is 52.3 Å². The molecule has 3 rings (SSSR count). The molecule has 0 aliphatic rings. The van der Waals surface area contributed by atoms with Crippen LogP contribution in [0.3, 0.4) is 0 Å². The summed E-state index contributed by atoms with van der Waals surface area (Å²) >= 11 is 10.5. The second-order valence-corrected chi connectivity index (χ2v) is 7.94. The Morgan fingerprint density at radius 3 is 2.59 bits per heavy atom. The largest absolute Gasteiger partial charge is 0.326 e. The van der Waals surface area contributed by atoms with E-state index in [0.717, 1.165) is 15.7 Å². The molecule has 27 heavy (non-hydrogen) atoms. The van der Waals surface area contributed by atoms with Crippen molar-refractivity contribution in [2.45, 2.75) is 13.3 Å². The topological polar surface area (TPSA) is 71.1 Å². The van der Waals surface area contributed by atoms with Gasteiger partial charge in [0, 0.05) is 26.1 Å². The van der Waals surface area contributed by atoms with Gasteiger partial charge in [-0.15, -0.1) is 11.3 Å². The quantitative estimate of drug-likeness (QED) is 0.538. The van der Waals surface area contributed by atoms with Gasteiger partial charge in [-0.3, -0.25) is 14.9 Å². The zero-order chi connectivity index (χ0) is 19.4. The minimum absolute atomic E-state index is 0.127. The normalized spacial score (nSPS) is 10.5. The predicted octanol–water partition coefficient (Wildman–Crippen LogP) is 5.30. The summed E-state index contributed by atoms with van der Waals surface area (Å²) in [4.78, 5) is 28.7. The van der Waals surface area contributed by atoms with E-state index >= 15 is 0 Å². The SMILES string of the molecule is Cc1cc(NC(=O)Cc2csc(NC(=O)c3ccc(Cl)cc3)n2)ccc1Br. The molecule has 0 atom stereocenters. The Hall–Kier alpha value is -2.22. The van der Waals surface area contributed by atoms with E-state index in [9.17, 15) is 9.59 Å². The third kappa shape index (κ3) is 5.38. The molecule has 0 bridgehead atoms. The molecule has 2 aromatic carbocycles. The summed E-state index contributed by atoms with van der Waals surface area (Å²) < 4.78 is 0.987. The summed E-state index contributed by atoms with van der Waals surface area (Å²) in [6, 6.07) is 12.2. The average Bonchev–Trinajstić information content (AvgIpc) is 3.05. The Labute approximate surface area is 173 Å². The lowest BCUT2D eigenvalue weighted by Crippen LogP contribution is -2.15. The highest BCUT2D eigenvalue weighted by molar-refractivity contribution is 9.10. The van der Waals surface area contributed by atoms with Gasteiger partial charge < -0.3 is 5.32 Å². The molecular weight excluding hydrogens is 450 g/mol. The van der Waals surface area contributed by atoms with Crippen molar-refractivity contribution in [3.63, 3.8) is 0 Å². The number of aromatic nitrogens is 1. The number of benzene rings is 2. The van der Waals surface area contributed by atoms with Crippen molar-refractivity contribution in [1.82, 2.24) is 4.98 Å². The lowest BCUT2D eigenvalue weighted by atomic mass is 10.2. The third-order valence-electron chi connectivity index (χ3n) is 3.66. The van der Waals surface area contributed by atoms with E-state index in [4.69, 9.17) is 11.6 Å². The summed E-state index contributed by atoms with van der Waals surface area (Å²) in [7, 11) is 0. The highest BCUT2D eigenvalue weighted by atomic mass is 79.9. The molecule has 0 radical (unpaired) electrons. The fourth-order valence-electron chi connectivity index (χ4n) is 2.31. The smallest absolute Gasteiger partial charge is 0.257 e. The van der Waals surface area contributed by atoms with Crippen molar-refractivity contribution >= 4 is 61.5 Å². The van der Waals surface area contributed by atoms with E-state index < -0.39 is 0 Å². The predicted molar refractivity (Wildman–Crippen MR) is 113 cm³/mol. The minimum atomic E-state index is -0.276. The second-order valence-electron chi connectivity index (χ2n) is 5.79. The summed E-state index contributed by atoms with van der Waals surface area (Å²) in [5.41, 5.74) is 2.85. The number of nitrogens with zero attached hydrogens (tertiary/aromatic N) is 1. The van der Waals surface area contributed by atoms with Crippen molar-refractivity contribution in [2.75, 3.05) is 10.6 Å². The van der Waals surface area contributed by atoms with Gasteiger partial charge in [0.05, 0.1) is 12.1 Å². The number of rotatable bonds is 5. The van der Waals surface area contributed by atoms with Crippen LogP contribution in [0.5, 0.6) is 0 Å². The van der Waals surface area contributed by atoms with Crippen LogP contribution >= 0.6 is 38.9 Å². The Bertz CT molecular complexity index is 989. The number of halogens is 2. The standard InChI is InChI=1S/C19H15BrClN3O2S/c1-11-8-14(6-7-16(11)20)22-17(25)9-15-10-27-19(23-15)24-18(26)12-2-4-13(21)5-3-12/h2-8,10H,9H2,1H3,(H,22,25)(H,23,24,26). The molecule has 2 N–H and O–H groups in total. The molecular formula is C19H15BrClN3O2S. The van der Waals surface area contributed by atoms with Crippen molar-refractivity contribution < 1.29 is 9.59 Å². The maximum Gasteiger partial charge on any atom is 0.257 e. The Balaban J connectivity index is 1.58. The van der Waals surface area contributed by atoms with Gasteiger partial charge in [0.25, 0.3) is 5.91 Å². The Morgan fingerprint density at radius 2 is 1.89 bits per heavy atom. The molecule has 5 nitrogen and oxygen atoms in total. The summed E-state index contributed by atoms with van der Waals surface area (Å²) in [6.07, 6.45) is 0.127. The van der Waals surface area contributed by atoms with Crippen molar-refractivity contribution in [3.8, 4) is 0 Å². The fraction of sp³-hybridized carbons (Fsp3) is 0.105. The number of hydrogen-bond donors (Lipinski definition) is 2. The summed E-state index contributed by atoms with van der Waals surface area (Å²) in [6.45, 7) is 1.95. The van der Waals surface area contributed by atoms with Gasteiger partial charge in [0.1, 0.15) is 0 Å². The number of amides is 2. The Morgan fingerprint density at radius 1 is 1.15 bits per heavy atom. The van der Waals surface area contributed by atoms with Crippen LogP contribution < -0.4 is 10.6 Å². The lowest BCUT2D eigenvalue weighted by molar-refractivity contribution is -0.115. The maximum atomic E-state index is 12.2. The van der Waals surface area contributed by atoms with Crippen LogP contribution in [0.4, 0.5) is 10.8 Å². The van der Waals surface area contributed by atoms with E-state index in [2.05, 4.69) is 31.5 Å². The van der Waals surface area contributed by atoms with Crippen molar-refractivity contribution in [1.29, 1.82) is 0 Å². The third-order valence-corrected chi connectivity index (χ3v) is 5.61. The molecule has 0 fully saturated rings. The zero-order valence-corrected chi connectivity index (χ0v) is 17.4. The molecule has 0 unspecified atom stereocenters. The van der Waals surface area contributed by atoms with Gasteiger partial charge >= 0.3 is 0 Å². The Kier molecular flexibility index (Phi) is 6.26. The first kappa shape index (κ1) is 19.5. The van der Waals surface area contributed by atoms with Crippen molar-refractivity contribution in [2.24, 2.45) is 0 Å². The fourth-order valence-corrected chi connectivity index (χ4v) is 3.39. The first-order chi connectivity index (χ1) is 12.9. The maximum absolute atomic E-state index is 12.2. The molecule has 1 heterocycles. The number of aryl methyl sites for hydroxylation is 1. The van der Waals surface area contributed by atoms with Crippen LogP contribution in [-0.4, -0.2) is 16.8 Å². The number of carbonyl (C=O) groups is 2. The van der Waals surface area contributed by atoms with Gasteiger partial charge in [-0.2, -0.15) is 0 Å². The number of carbonyl (C=O) groups excluding carboxylic acids is 2. The number of anilines is 2. The number of hydrogen-bond acceptors (Lipinski definition) is 4. The van der Waals surface area contributed by atoms with Crippen LogP contribution in [-0.2, 0) is 11.2 Å². The van der Waals surface area contributed by atoms with Crippen LogP contribution in [0.2, 0.25) is 5.02 Å². The van der Waals surface area contributed by atoms with Gasteiger partial charge in [0.15, 0.2) is 5.13 Å². The van der Waals surface area contributed by atoms with Crippen LogP contribution in [0.25, 0.3) is 0 Å². The minimum Gasteiger partial charge on any atom is -0.326 e. The molecule has 138 valence electrons. The molecule has 0 saturated carbocycles. The molecule has 0 spiro atoms. The van der Waals surface area contributed by atoms with E-state index in [1.165, 1.54) is 11.3 Å². The van der Waals surface area contributed by atoms with Gasteiger partial charge in [-0.05, 0) is 55.0 Å². The molecule has 0 saturated heterocycles. The molecule has 2 amide bonds. The molecule has 0 aliphatic carbocycles. The molecule has 3 aromatic rings. The van der Waals surface area contributed by atoms with E-state index in [-0.39, 0.29) is 18.2 Å². The van der Waals surface area contributed by atoms with E-state index in [1.54, 1.807) is 29.6 Å². The summed E-state index contributed by atoms with van der Waals surface area (Å²) in [5.74, 6) is -0.444. The first-order valence-corrected chi connectivity index (χ1v) is 10.0. The van der Waals surface area contributed by atoms with E-state index in [1.807, 2.05) is 25.1 Å². The van der Waals surface area contributed by atoms with Gasteiger partial charge in [-0.1, -0.05) is 27.5 Å². The molecule has 8 heteroatoms. The van der Waals surface area contributed by atoms with Crippen molar-refractivity contribution in [3.05, 3.63) is 74.2 Å². The first-order valence-electron chi connectivity index (χ1n) is 7.98. The number of nitrogens with one attached hydrogen (secondary N) is 2. The van der Waals surface area contributed by atoms with E-state index in [0.29, 0.717) is 21.4 Å². The van der Waals surface area contributed by atoms with Gasteiger partial charge in [0.2, 0.25) is 5.91 Å². The highest BCUT2D eigenvalue weighted by Crippen LogP contribution is 2.21. The van der Waals surface area contributed by atoms with Crippen LogP contribution in [0.1, 0.15) is 21.6 Å². The highest BCUT2D eigenvalue weighted by Gasteiger charge is 2.12. The average molecular weight is 465 g/mol. The number of thiazole rings is 1. The molecule has 0 aliphatic heterocycles. The van der Waals surface area contributed by atoms with Crippen LogP contribution in [0, 0.1) is 6.92 Å².